The molecule has 0 unspecified atom stereocenters. The number of fused-ring (bicyclic) bond motifs is 1. The minimum Gasteiger partial charge on any atom is -0.485 e. The second-order valence-electron chi connectivity index (χ2n) is 9.74. The summed E-state index contributed by atoms with van der Waals surface area (Å²) >= 11 is 0. The van der Waals surface area contributed by atoms with Crippen molar-refractivity contribution in [2.45, 2.75) is 39.7 Å². The van der Waals surface area contributed by atoms with Gasteiger partial charge in [-0.15, -0.1) is 0 Å². The Labute approximate surface area is 232 Å². The summed E-state index contributed by atoms with van der Waals surface area (Å²) in [5.41, 5.74) is 2.98. The number of piperidine rings is 1. The maximum Gasteiger partial charge on any atom is 0.261 e. The number of pyridine rings is 1. The van der Waals surface area contributed by atoms with Crippen molar-refractivity contribution in [3.63, 3.8) is 0 Å². The van der Waals surface area contributed by atoms with Gasteiger partial charge >= 0.3 is 0 Å². The molecule has 1 fully saturated rings. The monoisotopic (exact) mass is 548 g/mol. The van der Waals surface area contributed by atoms with E-state index >= 15 is 0 Å². The quantitative estimate of drug-likeness (QED) is 0.147. The number of hydrogen-bond acceptors (Lipinski definition) is 6. The highest BCUT2D eigenvalue weighted by atomic mass is 19.1. The number of aryl methyl sites for hydroxylation is 1. The van der Waals surface area contributed by atoms with Crippen LogP contribution < -0.4 is 10.3 Å². The van der Waals surface area contributed by atoms with Gasteiger partial charge in [0, 0.05) is 35.5 Å². The van der Waals surface area contributed by atoms with Crippen molar-refractivity contribution in [1.29, 1.82) is 0 Å². The first-order chi connectivity index (χ1) is 19.4. The molecular formula is C31H34F2N4O3. The number of ether oxygens (including phenoxy) is 1. The summed E-state index contributed by atoms with van der Waals surface area (Å²) in [5, 5.41) is 12.9. The molecule has 1 N–H and O–H groups in total. The molecule has 0 radical (unpaired) electrons. The van der Waals surface area contributed by atoms with Crippen molar-refractivity contribution in [3.05, 3.63) is 112 Å². The smallest absolute Gasteiger partial charge is 0.261 e. The van der Waals surface area contributed by atoms with Gasteiger partial charge in [0.25, 0.3) is 5.56 Å². The van der Waals surface area contributed by atoms with Crippen LogP contribution in [0.1, 0.15) is 36.6 Å². The van der Waals surface area contributed by atoms with Crippen LogP contribution in [-0.2, 0) is 13.0 Å². The highest BCUT2D eigenvalue weighted by Gasteiger charge is 2.26. The first-order valence-corrected chi connectivity index (χ1v) is 13.4. The number of halogens is 2. The molecule has 0 spiro atoms. The van der Waals surface area contributed by atoms with Gasteiger partial charge < -0.3 is 14.8 Å². The van der Waals surface area contributed by atoms with Crippen LogP contribution in [0.15, 0.2) is 94.6 Å². The number of benzene rings is 1. The van der Waals surface area contributed by atoms with Crippen molar-refractivity contribution < 1.29 is 18.7 Å². The Morgan fingerprint density at radius 3 is 2.60 bits per heavy atom. The van der Waals surface area contributed by atoms with E-state index in [9.17, 15) is 18.8 Å². The molecule has 4 rings (SSSR count). The summed E-state index contributed by atoms with van der Waals surface area (Å²) in [4.78, 5) is 20.3. The molecule has 3 aromatic rings. The van der Waals surface area contributed by atoms with Crippen LogP contribution in [0.4, 0.5) is 8.78 Å². The van der Waals surface area contributed by atoms with Crippen LogP contribution in [0.3, 0.4) is 0 Å². The van der Waals surface area contributed by atoms with Crippen LogP contribution in [-0.4, -0.2) is 44.8 Å². The number of aromatic nitrogens is 2. The minimum atomic E-state index is -0.503. The van der Waals surface area contributed by atoms with Crippen LogP contribution >= 0.6 is 0 Å². The molecule has 0 saturated carbocycles. The number of oxime groups is 1. The second-order valence-corrected chi connectivity index (χ2v) is 9.74. The second kappa shape index (κ2) is 13.8. The zero-order valence-corrected chi connectivity index (χ0v) is 22.8. The predicted molar refractivity (Wildman–Crippen MR) is 152 cm³/mol. The molecule has 1 aliphatic heterocycles. The maximum atomic E-state index is 13.5. The number of likely N-dealkylation sites (tertiary alicyclic amines) is 1. The third-order valence-corrected chi connectivity index (χ3v) is 7.23. The van der Waals surface area contributed by atoms with E-state index in [1.807, 2.05) is 43.3 Å². The zero-order valence-electron chi connectivity index (χ0n) is 22.8. The number of hydrogen-bond donors (Lipinski definition) is 1. The predicted octanol–water partition coefficient (Wildman–Crippen LogP) is 5.95. The van der Waals surface area contributed by atoms with Gasteiger partial charge in [-0.05, 0) is 76.0 Å². The summed E-state index contributed by atoms with van der Waals surface area (Å²) in [5.74, 6) is -0.117. The van der Waals surface area contributed by atoms with E-state index in [0.29, 0.717) is 74.5 Å². The molecule has 40 heavy (non-hydrogen) atoms. The third-order valence-electron chi connectivity index (χ3n) is 7.23. The Kier molecular flexibility index (Phi) is 9.96. The topological polar surface area (TPSA) is 79.4 Å². The van der Waals surface area contributed by atoms with Gasteiger partial charge in [-0.25, -0.2) is 13.8 Å². The summed E-state index contributed by atoms with van der Waals surface area (Å²) in [7, 11) is 0. The van der Waals surface area contributed by atoms with Gasteiger partial charge in [-0.2, -0.15) is 0 Å². The lowest BCUT2D eigenvalue weighted by Crippen LogP contribution is -2.38. The van der Waals surface area contributed by atoms with E-state index < -0.39 is 5.83 Å². The lowest BCUT2D eigenvalue weighted by Gasteiger charge is -2.32. The largest absolute Gasteiger partial charge is 0.485 e. The van der Waals surface area contributed by atoms with Crippen molar-refractivity contribution in [3.8, 4) is 5.75 Å². The lowest BCUT2D eigenvalue weighted by atomic mass is 9.88. The third kappa shape index (κ3) is 6.90. The normalized spacial score (nSPS) is 16.2. The van der Waals surface area contributed by atoms with Gasteiger partial charge in [0.1, 0.15) is 12.4 Å². The Balaban J connectivity index is 1.40. The molecule has 0 aliphatic carbocycles. The molecule has 3 heterocycles. The van der Waals surface area contributed by atoms with E-state index in [2.05, 4.69) is 10.1 Å². The van der Waals surface area contributed by atoms with Gasteiger partial charge in [-0.3, -0.25) is 9.20 Å². The summed E-state index contributed by atoms with van der Waals surface area (Å²) in [6.45, 7) is 5.80. The molecule has 7 nitrogen and oxygen atoms in total. The van der Waals surface area contributed by atoms with E-state index in [4.69, 9.17) is 9.72 Å². The van der Waals surface area contributed by atoms with E-state index in [1.54, 1.807) is 12.3 Å². The molecule has 9 heteroatoms. The van der Waals surface area contributed by atoms with Crippen LogP contribution in [0.25, 0.3) is 5.65 Å². The van der Waals surface area contributed by atoms with Gasteiger partial charge in [0.2, 0.25) is 0 Å². The fourth-order valence-corrected chi connectivity index (χ4v) is 4.93. The first-order valence-electron chi connectivity index (χ1n) is 13.4. The van der Waals surface area contributed by atoms with Crippen molar-refractivity contribution in [2.24, 2.45) is 11.1 Å². The number of allylic oxidation sites excluding steroid dienone is 5. The van der Waals surface area contributed by atoms with Gasteiger partial charge in [0.05, 0.1) is 12.0 Å². The zero-order chi connectivity index (χ0) is 28.5. The van der Waals surface area contributed by atoms with Crippen molar-refractivity contribution in [2.75, 3.05) is 19.6 Å². The molecule has 1 aliphatic rings. The average Bonchev–Trinajstić information content (AvgIpc) is 2.99. The minimum absolute atomic E-state index is 0.0518. The molecule has 210 valence electrons. The van der Waals surface area contributed by atoms with E-state index in [-0.39, 0.29) is 22.8 Å². The Bertz CT molecular complexity index is 1490. The highest BCUT2D eigenvalue weighted by molar-refractivity contribution is 6.03. The maximum absolute atomic E-state index is 13.5. The van der Waals surface area contributed by atoms with Crippen molar-refractivity contribution >= 4 is 11.4 Å². The van der Waals surface area contributed by atoms with Gasteiger partial charge in [-0.1, -0.05) is 41.6 Å². The number of nitrogens with zero attached hydrogens (tertiary/aromatic N) is 4. The fraction of sp³-hybridized carbons (Fsp3) is 0.323. The first kappa shape index (κ1) is 28.9. The van der Waals surface area contributed by atoms with Crippen LogP contribution in [0.2, 0.25) is 0 Å². The SMILES string of the molecule is C\C=C(F)/C=C\C(=C\F)C(=N/O)\C1CCN(CCc2c(C)nc3c(OCc4ccccc4)cccn3c2=O)CC1. The fourth-order valence-electron chi connectivity index (χ4n) is 4.93. The van der Waals surface area contributed by atoms with E-state index in [0.717, 1.165) is 11.6 Å². The standard InChI is InChI=1S/C31H34F2N4O3/c1-3-26(33)12-11-25(20-32)29(35-39)24-13-17-36(18-14-24)19-15-27-22(2)34-30-28(10-7-16-37(30)31(27)38)40-21-23-8-5-4-6-9-23/h3-12,16,20,24,39H,13-15,17-19,21H2,1-2H3/b12-11-,25-20-,26-3+,35-29-. The molecule has 2 aromatic heterocycles. The summed E-state index contributed by atoms with van der Waals surface area (Å²) < 4.78 is 34.5. The average molecular weight is 549 g/mol. The van der Waals surface area contributed by atoms with Crippen LogP contribution in [0.5, 0.6) is 5.75 Å². The summed E-state index contributed by atoms with van der Waals surface area (Å²) in [6.07, 6.45) is 7.54. The Morgan fingerprint density at radius 1 is 1.18 bits per heavy atom. The molecule has 1 aromatic carbocycles. The van der Waals surface area contributed by atoms with Crippen molar-refractivity contribution in [1.82, 2.24) is 14.3 Å². The number of rotatable bonds is 10. The van der Waals surface area contributed by atoms with E-state index in [1.165, 1.54) is 23.5 Å². The molecule has 1 saturated heterocycles. The Morgan fingerprint density at radius 2 is 1.93 bits per heavy atom. The highest BCUT2D eigenvalue weighted by Crippen LogP contribution is 2.24. The lowest BCUT2D eigenvalue weighted by molar-refractivity contribution is 0.208. The molecular weight excluding hydrogens is 514 g/mol. The van der Waals surface area contributed by atoms with Crippen LogP contribution in [0, 0.1) is 12.8 Å². The summed E-state index contributed by atoms with van der Waals surface area (Å²) in [6, 6.07) is 13.4. The molecule has 0 atom stereocenters. The Hall–Kier alpha value is -4.11. The molecule has 0 amide bonds. The molecule has 0 bridgehead atoms. The van der Waals surface area contributed by atoms with Gasteiger partial charge in [0.15, 0.2) is 11.4 Å².